The van der Waals surface area contributed by atoms with Gasteiger partial charge >= 0.3 is 0 Å². The van der Waals surface area contributed by atoms with Gasteiger partial charge in [-0.2, -0.15) is 0 Å². The molecule has 0 aromatic heterocycles. The molecule has 17 heavy (non-hydrogen) atoms. The van der Waals surface area contributed by atoms with Crippen molar-refractivity contribution < 1.29 is 5.11 Å². The van der Waals surface area contributed by atoms with Crippen LogP contribution >= 0.6 is 0 Å². The second kappa shape index (κ2) is 6.18. The number of aliphatic hydroxyl groups is 1. The van der Waals surface area contributed by atoms with Gasteiger partial charge in [0.2, 0.25) is 0 Å². The first kappa shape index (κ1) is 14.2. The van der Waals surface area contributed by atoms with Gasteiger partial charge in [0.1, 0.15) is 0 Å². The van der Waals surface area contributed by atoms with Gasteiger partial charge in [0.25, 0.3) is 0 Å². The number of aliphatic hydroxyl groups excluding tert-OH is 1. The van der Waals surface area contributed by atoms with Crippen LogP contribution < -0.4 is 5.32 Å². The minimum Gasteiger partial charge on any atom is -0.396 e. The van der Waals surface area contributed by atoms with E-state index in [2.05, 4.69) is 57.3 Å². The van der Waals surface area contributed by atoms with Gasteiger partial charge in [0.05, 0.1) is 0 Å². The van der Waals surface area contributed by atoms with Gasteiger partial charge < -0.3 is 10.4 Å². The van der Waals surface area contributed by atoms with Gasteiger partial charge in [-0.3, -0.25) is 0 Å². The third kappa shape index (κ3) is 4.49. The van der Waals surface area contributed by atoms with E-state index < -0.39 is 0 Å². The molecule has 2 N–H and O–H groups in total. The van der Waals surface area contributed by atoms with Crippen molar-refractivity contribution in [3.8, 4) is 0 Å². The van der Waals surface area contributed by atoms with Crippen molar-refractivity contribution in [1.29, 1.82) is 0 Å². The number of hydrogen-bond acceptors (Lipinski definition) is 2. The number of nitrogens with one attached hydrogen (secondary N) is 1. The average Bonchev–Trinajstić information content (AvgIpc) is 2.28. The summed E-state index contributed by atoms with van der Waals surface area (Å²) in [5, 5.41) is 12.1. The molecule has 96 valence electrons. The molecule has 1 atom stereocenters. The normalized spacial score (nSPS) is 13.7. The molecule has 0 radical (unpaired) electrons. The zero-order valence-corrected chi connectivity index (χ0v) is 11.5. The number of rotatable bonds is 5. The summed E-state index contributed by atoms with van der Waals surface area (Å²) in [7, 11) is 0. The molecule has 1 aromatic rings. The summed E-state index contributed by atoms with van der Waals surface area (Å²) in [5.74, 6) is 0. The molecule has 0 spiro atoms. The van der Waals surface area contributed by atoms with Crippen LogP contribution in [0.2, 0.25) is 0 Å². The van der Waals surface area contributed by atoms with Gasteiger partial charge in [-0.1, -0.05) is 45.0 Å². The van der Waals surface area contributed by atoms with Crippen LogP contribution in [0.3, 0.4) is 0 Å². The van der Waals surface area contributed by atoms with E-state index in [9.17, 15) is 0 Å². The Morgan fingerprint density at radius 2 is 1.76 bits per heavy atom. The Balaban J connectivity index is 2.61. The van der Waals surface area contributed by atoms with E-state index in [1.54, 1.807) is 0 Å². The molecule has 0 aliphatic carbocycles. The van der Waals surface area contributed by atoms with E-state index in [0.717, 1.165) is 13.0 Å². The van der Waals surface area contributed by atoms with Gasteiger partial charge in [-0.25, -0.2) is 0 Å². The van der Waals surface area contributed by atoms with Crippen molar-refractivity contribution >= 4 is 0 Å². The summed E-state index contributed by atoms with van der Waals surface area (Å²) in [4.78, 5) is 0. The molecule has 1 rings (SSSR count). The van der Waals surface area contributed by atoms with Crippen LogP contribution in [0.15, 0.2) is 24.3 Å². The fourth-order valence-electron chi connectivity index (χ4n) is 1.79. The summed E-state index contributed by atoms with van der Waals surface area (Å²) < 4.78 is 0. The minimum atomic E-state index is 0.214. The zero-order valence-electron chi connectivity index (χ0n) is 11.5. The summed E-state index contributed by atoms with van der Waals surface area (Å²) in [6.45, 7) is 9.95. The van der Waals surface area contributed by atoms with E-state index >= 15 is 0 Å². The lowest BCUT2D eigenvalue weighted by atomic mass is 9.86. The fraction of sp³-hybridized carbons (Fsp3) is 0.600. The number of benzene rings is 1. The summed E-state index contributed by atoms with van der Waals surface area (Å²) in [6, 6.07) is 9.14. The minimum absolute atomic E-state index is 0.214. The SMILES string of the molecule is CC(NCCCO)c1ccc(C(C)(C)C)cc1. The van der Waals surface area contributed by atoms with E-state index in [4.69, 9.17) is 5.11 Å². The highest BCUT2D eigenvalue weighted by atomic mass is 16.3. The Kier molecular flexibility index (Phi) is 5.16. The predicted octanol–water partition coefficient (Wildman–Crippen LogP) is 3.02. The zero-order chi connectivity index (χ0) is 12.9. The van der Waals surface area contributed by atoms with Crippen LogP contribution in [0.1, 0.15) is 51.3 Å². The monoisotopic (exact) mass is 235 g/mol. The van der Waals surface area contributed by atoms with Crippen LogP contribution in [0.25, 0.3) is 0 Å². The van der Waals surface area contributed by atoms with E-state index in [1.165, 1.54) is 11.1 Å². The van der Waals surface area contributed by atoms with Crippen LogP contribution in [0, 0.1) is 0 Å². The molecule has 0 heterocycles. The smallest absolute Gasteiger partial charge is 0.0443 e. The van der Waals surface area contributed by atoms with Crippen molar-refractivity contribution in [2.75, 3.05) is 13.2 Å². The standard InChI is InChI=1S/C15H25NO/c1-12(16-10-5-11-17)13-6-8-14(9-7-13)15(2,3)4/h6-9,12,16-17H,5,10-11H2,1-4H3. The Morgan fingerprint density at radius 1 is 1.18 bits per heavy atom. The second-order valence-corrected chi connectivity index (χ2v) is 5.62. The second-order valence-electron chi connectivity index (χ2n) is 5.62. The molecule has 0 amide bonds. The molecule has 0 saturated heterocycles. The molecule has 0 fully saturated rings. The third-order valence-electron chi connectivity index (χ3n) is 3.06. The molecule has 2 heteroatoms. The Morgan fingerprint density at radius 3 is 2.24 bits per heavy atom. The highest BCUT2D eigenvalue weighted by molar-refractivity contribution is 5.28. The molecule has 0 aliphatic heterocycles. The summed E-state index contributed by atoms with van der Waals surface area (Å²) in [5.41, 5.74) is 2.88. The Hall–Kier alpha value is -0.860. The third-order valence-corrected chi connectivity index (χ3v) is 3.06. The quantitative estimate of drug-likeness (QED) is 0.769. The Labute approximate surface area is 105 Å². The first-order chi connectivity index (χ1) is 7.95. The summed E-state index contributed by atoms with van der Waals surface area (Å²) >= 11 is 0. The molecule has 0 bridgehead atoms. The predicted molar refractivity (Wildman–Crippen MR) is 73.3 cm³/mol. The molecule has 1 aromatic carbocycles. The lowest BCUT2D eigenvalue weighted by Gasteiger charge is -2.20. The number of hydrogen-bond donors (Lipinski definition) is 2. The molecule has 0 aliphatic rings. The van der Waals surface area contributed by atoms with E-state index in [-0.39, 0.29) is 12.0 Å². The highest BCUT2D eigenvalue weighted by Gasteiger charge is 2.13. The van der Waals surface area contributed by atoms with Crippen molar-refractivity contribution in [3.63, 3.8) is 0 Å². The largest absolute Gasteiger partial charge is 0.396 e. The van der Waals surface area contributed by atoms with E-state index in [0.29, 0.717) is 6.04 Å². The van der Waals surface area contributed by atoms with Gasteiger partial charge in [0.15, 0.2) is 0 Å². The van der Waals surface area contributed by atoms with Crippen LogP contribution in [-0.2, 0) is 5.41 Å². The molecular formula is C15H25NO. The Bertz CT molecular complexity index is 324. The summed E-state index contributed by atoms with van der Waals surface area (Å²) in [6.07, 6.45) is 0.810. The lowest BCUT2D eigenvalue weighted by Crippen LogP contribution is -2.20. The van der Waals surface area contributed by atoms with Crippen LogP contribution in [0.4, 0.5) is 0 Å². The average molecular weight is 235 g/mol. The van der Waals surface area contributed by atoms with E-state index in [1.807, 2.05) is 0 Å². The van der Waals surface area contributed by atoms with Crippen LogP contribution in [0.5, 0.6) is 0 Å². The molecule has 0 saturated carbocycles. The van der Waals surface area contributed by atoms with Gasteiger partial charge in [0, 0.05) is 12.6 Å². The highest BCUT2D eigenvalue weighted by Crippen LogP contribution is 2.23. The van der Waals surface area contributed by atoms with Gasteiger partial charge in [-0.15, -0.1) is 0 Å². The van der Waals surface area contributed by atoms with Crippen molar-refractivity contribution in [1.82, 2.24) is 5.32 Å². The maximum Gasteiger partial charge on any atom is 0.0443 e. The van der Waals surface area contributed by atoms with Crippen molar-refractivity contribution in [3.05, 3.63) is 35.4 Å². The topological polar surface area (TPSA) is 32.3 Å². The van der Waals surface area contributed by atoms with Gasteiger partial charge in [-0.05, 0) is 36.4 Å². The maximum atomic E-state index is 8.74. The van der Waals surface area contributed by atoms with Crippen molar-refractivity contribution in [2.45, 2.75) is 45.6 Å². The first-order valence-electron chi connectivity index (χ1n) is 6.40. The first-order valence-corrected chi connectivity index (χ1v) is 6.40. The fourth-order valence-corrected chi connectivity index (χ4v) is 1.79. The lowest BCUT2D eigenvalue weighted by molar-refractivity contribution is 0.284. The molecule has 1 unspecified atom stereocenters. The molecule has 2 nitrogen and oxygen atoms in total. The van der Waals surface area contributed by atoms with Crippen molar-refractivity contribution in [2.24, 2.45) is 0 Å². The molecular weight excluding hydrogens is 210 g/mol. The van der Waals surface area contributed by atoms with Crippen LogP contribution in [-0.4, -0.2) is 18.3 Å². The maximum absolute atomic E-state index is 8.74.